The van der Waals surface area contributed by atoms with E-state index in [4.69, 9.17) is 4.52 Å². The lowest BCUT2D eigenvalue weighted by atomic mass is 9.67. The maximum Gasteiger partial charge on any atom is 0.401 e. The van der Waals surface area contributed by atoms with E-state index in [1.54, 1.807) is 0 Å². The van der Waals surface area contributed by atoms with Gasteiger partial charge in [0.2, 0.25) is 0 Å². The minimum atomic E-state index is -4.37. The molecule has 2 aromatic rings. The molecule has 1 aliphatic rings. The third-order valence-corrected chi connectivity index (χ3v) is 3.64. The number of rotatable bonds is 3. The van der Waals surface area contributed by atoms with Crippen molar-refractivity contribution in [2.45, 2.75) is 44.3 Å². The maximum atomic E-state index is 13.2. The molecule has 1 saturated carbocycles. The van der Waals surface area contributed by atoms with Gasteiger partial charge in [-0.2, -0.15) is 28.1 Å². The molecule has 2 heterocycles. The van der Waals surface area contributed by atoms with Crippen LogP contribution in [0.2, 0.25) is 0 Å². The lowest BCUT2D eigenvalue weighted by Crippen LogP contribution is -2.48. The van der Waals surface area contributed by atoms with Crippen LogP contribution in [0.15, 0.2) is 10.7 Å². The van der Waals surface area contributed by atoms with Gasteiger partial charge >= 0.3 is 6.18 Å². The van der Waals surface area contributed by atoms with Gasteiger partial charge in [-0.1, -0.05) is 11.6 Å². The van der Waals surface area contributed by atoms with Gasteiger partial charge in [0, 0.05) is 0 Å². The van der Waals surface area contributed by atoms with Crippen LogP contribution < -0.4 is 0 Å². The van der Waals surface area contributed by atoms with Crippen LogP contribution in [0, 0.1) is 0 Å². The molecule has 0 saturated heterocycles. The molecule has 0 amide bonds. The van der Waals surface area contributed by atoms with Gasteiger partial charge in [0.15, 0.2) is 11.5 Å². The normalized spacial score (nSPS) is 18.0. The Morgan fingerprint density at radius 3 is 2.65 bits per heavy atom. The third-order valence-electron chi connectivity index (χ3n) is 3.64. The first-order valence-electron chi connectivity index (χ1n) is 6.28. The Morgan fingerprint density at radius 1 is 1.40 bits per heavy atom. The summed E-state index contributed by atoms with van der Waals surface area (Å²) in [6, 6.07) is 0. The van der Waals surface area contributed by atoms with Crippen molar-refractivity contribution in [3.63, 3.8) is 0 Å². The second-order valence-corrected chi connectivity index (χ2v) is 4.77. The van der Waals surface area contributed by atoms with Gasteiger partial charge in [-0.3, -0.25) is 0 Å². The van der Waals surface area contributed by atoms with Crippen LogP contribution in [0.1, 0.15) is 32.0 Å². The fourth-order valence-corrected chi connectivity index (χ4v) is 2.23. The Balaban J connectivity index is 1.94. The van der Waals surface area contributed by atoms with Crippen LogP contribution in [0.5, 0.6) is 0 Å². The number of hydrogen-bond acceptors (Lipinski definition) is 5. The van der Waals surface area contributed by atoms with Gasteiger partial charge in [0.1, 0.15) is 5.41 Å². The molecule has 0 bridgehead atoms. The molecule has 9 heteroatoms. The van der Waals surface area contributed by atoms with E-state index < -0.39 is 11.6 Å². The molecular weight excluding hydrogens is 275 g/mol. The molecule has 0 N–H and O–H groups in total. The van der Waals surface area contributed by atoms with Crippen molar-refractivity contribution >= 4 is 0 Å². The number of halogens is 3. The van der Waals surface area contributed by atoms with Crippen molar-refractivity contribution in [3.8, 4) is 11.6 Å². The van der Waals surface area contributed by atoms with Crippen LogP contribution >= 0.6 is 0 Å². The highest BCUT2D eigenvalue weighted by Gasteiger charge is 2.62. The largest absolute Gasteiger partial charge is 0.401 e. The first-order chi connectivity index (χ1) is 9.46. The van der Waals surface area contributed by atoms with Crippen LogP contribution in [-0.2, 0) is 12.0 Å². The minimum Gasteiger partial charge on any atom is -0.332 e. The van der Waals surface area contributed by atoms with Crippen molar-refractivity contribution < 1.29 is 17.7 Å². The van der Waals surface area contributed by atoms with Gasteiger partial charge < -0.3 is 4.52 Å². The molecule has 0 unspecified atom stereocenters. The van der Waals surface area contributed by atoms with Crippen molar-refractivity contribution in [2.75, 3.05) is 0 Å². The Hall–Kier alpha value is -1.93. The first-order valence-corrected chi connectivity index (χ1v) is 6.28. The number of aryl methyl sites for hydroxylation is 1. The zero-order valence-electron chi connectivity index (χ0n) is 10.7. The summed E-state index contributed by atoms with van der Waals surface area (Å²) in [5.74, 6) is -0.340. The number of hydrogen-bond donors (Lipinski definition) is 0. The van der Waals surface area contributed by atoms with E-state index in [0.29, 0.717) is 13.0 Å². The van der Waals surface area contributed by atoms with Crippen molar-refractivity contribution in [3.05, 3.63) is 12.0 Å². The second-order valence-electron chi connectivity index (χ2n) is 4.77. The van der Waals surface area contributed by atoms with E-state index in [-0.39, 0.29) is 30.3 Å². The van der Waals surface area contributed by atoms with Gasteiger partial charge in [0.05, 0.1) is 12.7 Å². The molecule has 0 aliphatic heterocycles. The zero-order valence-corrected chi connectivity index (χ0v) is 10.7. The molecular formula is C11H12F3N5O. The molecule has 0 aromatic carbocycles. The van der Waals surface area contributed by atoms with E-state index in [0.717, 1.165) is 0 Å². The van der Waals surface area contributed by atoms with Gasteiger partial charge in [-0.05, 0) is 19.8 Å². The summed E-state index contributed by atoms with van der Waals surface area (Å²) in [4.78, 5) is 5.27. The average molecular weight is 287 g/mol. The Morgan fingerprint density at radius 2 is 2.15 bits per heavy atom. The summed E-state index contributed by atoms with van der Waals surface area (Å²) in [5, 5.41) is 11.5. The minimum absolute atomic E-state index is 0.00285. The Bertz CT molecular complexity index is 614. The predicted octanol–water partition coefficient (Wildman–Crippen LogP) is 2.33. The third kappa shape index (κ3) is 1.80. The number of nitrogens with zero attached hydrogens (tertiary/aromatic N) is 5. The molecule has 1 aliphatic carbocycles. The molecule has 3 rings (SSSR count). The highest BCUT2D eigenvalue weighted by molar-refractivity contribution is 5.43. The average Bonchev–Trinajstić information content (AvgIpc) is 2.92. The SMILES string of the molecule is CCn1ncc(-c2nc(C3(C(F)(F)F)CCC3)no2)n1. The molecule has 6 nitrogen and oxygen atoms in total. The van der Waals surface area contributed by atoms with Crippen LogP contribution in [0.3, 0.4) is 0 Å². The first kappa shape index (κ1) is 13.1. The lowest BCUT2D eigenvalue weighted by Gasteiger charge is -2.40. The summed E-state index contributed by atoms with van der Waals surface area (Å²) in [7, 11) is 0. The molecule has 0 spiro atoms. The highest BCUT2D eigenvalue weighted by atomic mass is 19.4. The van der Waals surface area contributed by atoms with Crippen molar-refractivity contribution in [2.24, 2.45) is 0 Å². The maximum absolute atomic E-state index is 13.2. The fraction of sp³-hybridized carbons (Fsp3) is 0.636. The second kappa shape index (κ2) is 4.29. The molecule has 20 heavy (non-hydrogen) atoms. The monoisotopic (exact) mass is 287 g/mol. The van der Waals surface area contributed by atoms with Gasteiger partial charge in [-0.25, -0.2) is 0 Å². The standard InChI is InChI=1S/C11H12F3N5O/c1-2-19-15-6-7(17-19)8-16-9(18-20-8)10(4-3-5-10)11(12,13)14/h6H,2-5H2,1H3. The summed E-state index contributed by atoms with van der Waals surface area (Å²) >= 11 is 0. The number of alkyl halides is 3. The lowest BCUT2D eigenvalue weighted by molar-refractivity contribution is -0.215. The summed E-state index contributed by atoms with van der Waals surface area (Å²) in [5.41, 5.74) is -1.68. The van der Waals surface area contributed by atoms with Crippen molar-refractivity contribution in [1.29, 1.82) is 0 Å². The number of aromatic nitrogens is 5. The smallest absolute Gasteiger partial charge is 0.332 e. The molecule has 0 radical (unpaired) electrons. The molecule has 1 fully saturated rings. The highest BCUT2D eigenvalue weighted by Crippen LogP contribution is 2.53. The summed E-state index contributed by atoms with van der Waals surface area (Å²) in [6.07, 6.45) is -2.47. The zero-order chi connectivity index (χ0) is 14.4. The molecule has 0 atom stereocenters. The van der Waals surface area contributed by atoms with Crippen LogP contribution in [0.4, 0.5) is 13.2 Å². The van der Waals surface area contributed by atoms with E-state index in [1.807, 2.05) is 6.92 Å². The van der Waals surface area contributed by atoms with E-state index in [2.05, 4.69) is 20.3 Å². The molecule has 108 valence electrons. The fourth-order valence-electron chi connectivity index (χ4n) is 2.23. The van der Waals surface area contributed by atoms with Gasteiger partial charge in [0.25, 0.3) is 5.89 Å². The summed E-state index contributed by atoms with van der Waals surface area (Å²) < 4.78 is 44.4. The summed E-state index contributed by atoms with van der Waals surface area (Å²) in [6.45, 7) is 2.39. The van der Waals surface area contributed by atoms with Crippen LogP contribution in [0.25, 0.3) is 11.6 Å². The predicted molar refractivity (Wildman–Crippen MR) is 60.6 cm³/mol. The molecule has 2 aromatic heterocycles. The Labute approximate surface area is 112 Å². The topological polar surface area (TPSA) is 69.6 Å². The van der Waals surface area contributed by atoms with E-state index in [9.17, 15) is 13.2 Å². The van der Waals surface area contributed by atoms with Crippen molar-refractivity contribution in [1.82, 2.24) is 25.1 Å². The Kier molecular flexibility index (Phi) is 2.80. The van der Waals surface area contributed by atoms with Crippen LogP contribution in [-0.4, -0.2) is 31.3 Å². The van der Waals surface area contributed by atoms with E-state index >= 15 is 0 Å². The van der Waals surface area contributed by atoms with Gasteiger partial charge in [-0.15, -0.1) is 5.10 Å². The quantitative estimate of drug-likeness (QED) is 0.866. The van der Waals surface area contributed by atoms with E-state index in [1.165, 1.54) is 11.0 Å².